The van der Waals surface area contributed by atoms with Crippen molar-refractivity contribution in [2.75, 3.05) is 40.5 Å². The van der Waals surface area contributed by atoms with E-state index in [9.17, 15) is 24.3 Å². The maximum Gasteiger partial charge on any atom is 0.407 e. The number of aliphatic hydroxyl groups excluding tert-OH is 1. The van der Waals surface area contributed by atoms with Gasteiger partial charge >= 0.3 is 12.2 Å². The molecule has 5 atom stereocenters. The van der Waals surface area contributed by atoms with Crippen LogP contribution in [0.1, 0.15) is 69.7 Å². The highest BCUT2D eigenvalue weighted by atomic mass is 16.5. The van der Waals surface area contributed by atoms with Crippen LogP contribution >= 0.6 is 0 Å². The number of nitrogens with one attached hydrogen (secondary N) is 4. The summed E-state index contributed by atoms with van der Waals surface area (Å²) in [6.45, 7) is 5.48. The average molecular weight is 848 g/mol. The molecule has 0 radical (unpaired) electrons. The summed E-state index contributed by atoms with van der Waals surface area (Å²) in [6.07, 6.45) is 4.74. The summed E-state index contributed by atoms with van der Waals surface area (Å²) in [6, 6.07) is 15.8. The number of nitrogens with zero attached hydrogens (tertiary/aromatic N) is 5. The van der Waals surface area contributed by atoms with Crippen LogP contribution in [0.15, 0.2) is 67.0 Å². The number of aromatic amines is 2. The fraction of sp³-hybridized carbons (Fsp3) is 0.444. The van der Waals surface area contributed by atoms with Crippen LogP contribution in [0.25, 0.3) is 44.7 Å². The molecule has 0 aliphatic carbocycles. The number of H-pyrrole nitrogens is 2. The van der Waals surface area contributed by atoms with Crippen molar-refractivity contribution in [2.24, 2.45) is 11.8 Å². The van der Waals surface area contributed by atoms with Crippen LogP contribution in [0, 0.1) is 11.8 Å². The van der Waals surface area contributed by atoms with E-state index in [2.05, 4.69) is 31.7 Å². The smallest absolute Gasteiger partial charge is 0.407 e. The van der Waals surface area contributed by atoms with Gasteiger partial charge in [0.1, 0.15) is 23.7 Å². The van der Waals surface area contributed by atoms with Crippen molar-refractivity contribution in [3.8, 4) is 33.8 Å². The highest BCUT2D eigenvalue weighted by Gasteiger charge is 2.42. The lowest BCUT2D eigenvalue weighted by Gasteiger charge is -2.34. The van der Waals surface area contributed by atoms with Crippen LogP contribution < -0.4 is 10.6 Å². The maximum atomic E-state index is 14.0. The molecule has 17 nitrogen and oxygen atoms in total. The van der Waals surface area contributed by atoms with Crippen molar-refractivity contribution >= 4 is 34.9 Å². The lowest BCUT2D eigenvalue weighted by molar-refractivity contribution is -0.137. The van der Waals surface area contributed by atoms with Crippen molar-refractivity contribution in [3.05, 3.63) is 78.6 Å². The third-order valence-electron chi connectivity index (χ3n) is 12.3. The Hall–Kier alpha value is -6.33. The second-order valence-corrected chi connectivity index (χ2v) is 16.6. The summed E-state index contributed by atoms with van der Waals surface area (Å²) >= 11 is 0. The van der Waals surface area contributed by atoms with Gasteiger partial charge in [0.05, 0.1) is 67.4 Å². The average Bonchev–Trinajstić information content (AvgIpc) is 4.14. The number of pyridine rings is 1. The first-order valence-electron chi connectivity index (χ1n) is 21.2. The zero-order valence-electron chi connectivity index (χ0n) is 35.3. The number of aliphatic hydroxyl groups is 1. The molecular weight excluding hydrogens is 795 g/mol. The van der Waals surface area contributed by atoms with Gasteiger partial charge in [-0.2, -0.15) is 0 Å². The zero-order valence-corrected chi connectivity index (χ0v) is 35.3. The standard InChI is InChI=1S/C45H53N9O8/c1-25(2)38(51-44(58)60-3)42(56)54-24-31(55)21-37(54)41-47-22-34(49-41)27-9-7-26(8-10-27)32-13-11-29-20-30(12-14-33(29)48-32)35-23-46-40(50-35)36-6-5-17-53(36)43(57)39(52-45(59)61-4)28-15-18-62-19-16-28/h7-14,20,22-23,25,28,31,36-39,55H,5-6,15-19,21,24H2,1-4H3,(H,46,50)(H,47,49)(H,51,58)(H,52,59)/t31-,36+,37+,38+,39+/m1/s1. The second-order valence-electron chi connectivity index (χ2n) is 16.6. The molecule has 8 rings (SSSR count). The van der Waals surface area contributed by atoms with Gasteiger partial charge in [-0.25, -0.2) is 24.5 Å². The number of β-amino-alcohol motifs (C(OH)–C–C–N with tert-alkyl or cyclic N) is 1. The molecule has 3 fully saturated rings. The predicted molar refractivity (Wildman–Crippen MR) is 228 cm³/mol. The number of likely N-dealkylation sites (tertiary alicyclic amines) is 2. The summed E-state index contributed by atoms with van der Waals surface area (Å²) in [5, 5.41) is 17.0. The number of fused-ring (bicyclic) bond motifs is 1. The Morgan fingerprint density at radius 1 is 0.790 bits per heavy atom. The van der Waals surface area contributed by atoms with Crippen LogP contribution in [0.3, 0.4) is 0 Å². The Labute approximate surface area is 359 Å². The molecule has 62 heavy (non-hydrogen) atoms. The number of benzene rings is 2. The molecule has 3 saturated heterocycles. The molecule has 3 aliphatic heterocycles. The number of hydrogen-bond acceptors (Lipinski definition) is 11. The quantitative estimate of drug-likeness (QED) is 0.112. The Morgan fingerprint density at radius 3 is 2.13 bits per heavy atom. The number of carbonyl (C=O) groups is 4. The van der Waals surface area contributed by atoms with E-state index in [0.717, 1.165) is 57.5 Å². The number of methoxy groups -OCH3 is 2. The Bertz CT molecular complexity index is 2410. The molecule has 0 bridgehead atoms. The van der Waals surface area contributed by atoms with E-state index in [4.69, 9.17) is 24.2 Å². The first-order chi connectivity index (χ1) is 30.0. The molecule has 6 heterocycles. The van der Waals surface area contributed by atoms with Crippen LogP contribution in [0.4, 0.5) is 9.59 Å². The van der Waals surface area contributed by atoms with Crippen molar-refractivity contribution < 1.29 is 38.5 Å². The van der Waals surface area contributed by atoms with Crippen molar-refractivity contribution in [1.82, 2.24) is 45.4 Å². The van der Waals surface area contributed by atoms with E-state index in [1.165, 1.54) is 14.2 Å². The highest BCUT2D eigenvalue weighted by molar-refractivity contribution is 5.88. The second kappa shape index (κ2) is 18.3. The normalized spacial score (nSPS) is 20.3. The van der Waals surface area contributed by atoms with Gasteiger partial charge in [-0.1, -0.05) is 50.2 Å². The largest absolute Gasteiger partial charge is 0.453 e. The summed E-state index contributed by atoms with van der Waals surface area (Å²) in [4.78, 5) is 76.4. The number of aromatic nitrogens is 5. The highest BCUT2D eigenvalue weighted by Crippen LogP contribution is 2.36. The van der Waals surface area contributed by atoms with Gasteiger partial charge in [-0.3, -0.25) is 9.59 Å². The lowest BCUT2D eigenvalue weighted by Crippen LogP contribution is -2.53. The number of ether oxygens (including phenoxy) is 3. The van der Waals surface area contributed by atoms with Gasteiger partial charge < -0.3 is 49.7 Å². The van der Waals surface area contributed by atoms with E-state index in [0.29, 0.717) is 50.7 Å². The minimum absolute atomic E-state index is 0.0406. The minimum Gasteiger partial charge on any atom is -0.453 e. The third kappa shape index (κ3) is 8.85. The summed E-state index contributed by atoms with van der Waals surface area (Å²) in [5.74, 6) is 0.579. The van der Waals surface area contributed by atoms with Gasteiger partial charge in [-0.05, 0) is 61.3 Å². The van der Waals surface area contributed by atoms with Crippen LogP contribution in [0.2, 0.25) is 0 Å². The monoisotopic (exact) mass is 847 g/mol. The maximum absolute atomic E-state index is 14.0. The number of amides is 4. The fourth-order valence-corrected chi connectivity index (χ4v) is 8.88. The topological polar surface area (TPSA) is 217 Å². The number of hydrogen-bond donors (Lipinski definition) is 5. The number of alkyl carbamates (subject to hydrolysis) is 2. The molecule has 5 N–H and O–H groups in total. The molecular formula is C45H53N9O8. The first kappa shape index (κ1) is 42.4. The molecule has 3 aliphatic rings. The molecule has 4 amide bonds. The Balaban J connectivity index is 0.942. The molecule has 326 valence electrons. The van der Waals surface area contributed by atoms with Crippen LogP contribution in [-0.2, 0) is 23.8 Å². The number of carbonyl (C=O) groups excluding carboxylic acids is 4. The van der Waals surface area contributed by atoms with Gasteiger partial charge in [0.15, 0.2) is 0 Å². The van der Waals surface area contributed by atoms with E-state index in [-0.39, 0.29) is 36.2 Å². The molecule has 17 heteroatoms. The minimum atomic E-state index is -0.817. The van der Waals surface area contributed by atoms with Gasteiger partial charge in [-0.15, -0.1) is 0 Å². The van der Waals surface area contributed by atoms with Crippen molar-refractivity contribution in [3.63, 3.8) is 0 Å². The first-order valence-corrected chi connectivity index (χ1v) is 21.2. The van der Waals surface area contributed by atoms with E-state index in [1.807, 2.05) is 67.3 Å². The van der Waals surface area contributed by atoms with Gasteiger partial charge in [0.25, 0.3) is 0 Å². The van der Waals surface area contributed by atoms with Gasteiger partial charge in [0, 0.05) is 49.2 Å². The van der Waals surface area contributed by atoms with Crippen molar-refractivity contribution in [2.45, 2.75) is 76.2 Å². The Kier molecular flexibility index (Phi) is 12.5. The van der Waals surface area contributed by atoms with E-state index in [1.54, 1.807) is 17.3 Å². The van der Waals surface area contributed by atoms with Crippen LogP contribution in [0.5, 0.6) is 0 Å². The molecule has 2 aromatic carbocycles. The van der Waals surface area contributed by atoms with E-state index < -0.39 is 36.4 Å². The zero-order chi connectivity index (χ0) is 43.5. The number of imidazole rings is 2. The lowest BCUT2D eigenvalue weighted by atomic mass is 9.90. The summed E-state index contributed by atoms with van der Waals surface area (Å²) in [5.41, 5.74) is 6.00. The molecule has 0 unspecified atom stereocenters. The number of rotatable bonds is 11. The fourth-order valence-electron chi connectivity index (χ4n) is 8.88. The van der Waals surface area contributed by atoms with Crippen LogP contribution in [-0.4, -0.2) is 123 Å². The Morgan fingerprint density at radius 2 is 1.44 bits per heavy atom. The molecule has 0 spiro atoms. The molecule has 3 aromatic heterocycles. The molecule has 0 saturated carbocycles. The van der Waals surface area contributed by atoms with Gasteiger partial charge in [0.2, 0.25) is 11.8 Å². The van der Waals surface area contributed by atoms with Crippen molar-refractivity contribution in [1.29, 1.82) is 0 Å². The van der Waals surface area contributed by atoms with E-state index >= 15 is 0 Å². The summed E-state index contributed by atoms with van der Waals surface area (Å²) < 4.78 is 15.1. The molecule has 5 aromatic rings. The third-order valence-corrected chi connectivity index (χ3v) is 12.3. The summed E-state index contributed by atoms with van der Waals surface area (Å²) in [7, 11) is 2.55. The SMILES string of the molecule is COC(=O)N[C@H](C(=O)N1C[C@H](O)C[C@H]1c1ncc(-c2ccc(-c3ccc4cc(-c5cnc([C@@H]6CCCN6C(=O)[C@@H](NC(=O)OC)C6CCOCC6)[nH]5)ccc4n3)cc2)[nH]1)C(C)C. The predicted octanol–water partition coefficient (Wildman–Crippen LogP) is 5.51.